The predicted octanol–water partition coefficient (Wildman–Crippen LogP) is 13.0. The van der Waals surface area contributed by atoms with Gasteiger partial charge in [0.25, 0.3) is 0 Å². The van der Waals surface area contributed by atoms with Gasteiger partial charge in [-0.3, -0.25) is 0 Å². The van der Waals surface area contributed by atoms with Crippen molar-refractivity contribution in [3.63, 3.8) is 0 Å². The van der Waals surface area contributed by atoms with Crippen LogP contribution in [0.2, 0.25) is 0 Å². The molecule has 238 valence electrons. The number of nitrogens with zero attached hydrogens (tertiary/aromatic N) is 2. The van der Waals surface area contributed by atoms with Gasteiger partial charge in [-0.05, 0) is 100 Å². The van der Waals surface area contributed by atoms with E-state index in [1.165, 1.54) is 44.8 Å². The largest absolute Gasteiger partial charge is 0.454 e. The van der Waals surface area contributed by atoms with Crippen molar-refractivity contribution in [2.24, 2.45) is 0 Å². The number of anilines is 3. The van der Waals surface area contributed by atoms with E-state index in [1.54, 1.807) is 0 Å². The lowest BCUT2D eigenvalue weighted by Gasteiger charge is -2.42. The molecule has 2 aromatic heterocycles. The number of fused-ring (bicyclic) bond motifs is 7. The SMILES string of the molecule is CC1(C)c2cc(-c3ccccc3)ccc2N(c2ccc3c(c2)c2oc4ccccc4c2n3-c2ccccc2)c2ccc(-c3ccccc3)cc21. The van der Waals surface area contributed by atoms with E-state index in [2.05, 4.69) is 187 Å². The molecule has 3 heteroatoms. The maximum atomic E-state index is 6.67. The molecule has 0 aliphatic carbocycles. The van der Waals surface area contributed by atoms with Crippen LogP contribution in [0.3, 0.4) is 0 Å². The van der Waals surface area contributed by atoms with Crippen LogP contribution in [0.4, 0.5) is 17.1 Å². The highest BCUT2D eigenvalue weighted by atomic mass is 16.3. The van der Waals surface area contributed by atoms with Crippen LogP contribution in [0.1, 0.15) is 25.0 Å². The van der Waals surface area contributed by atoms with Crippen LogP contribution in [0.25, 0.3) is 60.9 Å². The van der Waals surface area contributed by atoms with E-state index in [-0.39, 0.29) is 5.41 Å². The van der Waals surface area contributed by atoms with Crippen molar-refractivity contribution in [1.29, 1.82) is 0 Å². The van der Waals surface area contributed by atoms with Crippen molar-refractivity contribution in [1.82, 2.24) is 4.57 Å². The highest BCUT2D eigenvalue weighted by Crippen LogP contribution is 2.54. The van der Waals surface area contributed by atoms with E-state index in [9.17, 15) is 0 Å². The minimum absolute atomic E-state index is 0.247. The van der Waals surface area contributed by atoms with Gasteiger partial charge in [0, 0.05) is 27.6 Å². The lowest BCUT2D eigenvalue weighted by Crippen LogP contribution is -2.30. The summed E-state index contributed by atoms with van der Waals surface area (Å²) in [5.74, 6) is 0. The van der Waals surface area contributed by atoms with E-state index in [0.717, 1.165) is 44.3 Å². The number of hydrogen-bond donors (Lipinski definition) is 0. The maximum Gasteiger partial charge on any atom is 0.161 e. The predicted molar refractivity (Wildman–Crippen MR) is 208 cm³/mol. The first kappa shape index (κ1) is 28.7. The Morgan fingerprint density at radius 3 is 1.64 bits per heavy atom. The number of hydrogen-bond acceptors (Lipinski definition) is 2. The molecule has 0 N–H and O–H groups in total. The summed E-state index contributed by atoms with van der Waals surface area (Å²) in [5, 5.41) is 2.20. The summed E-state index contributed by atoms with van der Waals surface area (Å²) in [6.45, 7) is 4.74. The van der Waals surface area contributed by atoms with Gasteiger partial charge in [0.2, 0.25) is 0 Å². The third-order valence-corrected chi connectivity index (χ3v) is 10.6. The molecule has 0 saturated heterocycles. The van der Waals surface area contributed by atoms with Crippen LogP contribution in [0.15, 0.2) is 174 Å². The van der Waals surface area contributed by atoms with Crippen molar-refractivity contribution in [2.45, 2.75) is 19.3 Å². The molecule has 0 fully saturated rings. The normalized spacial score (nSPS) is 13.5. The van der Waals surface area contributed by atoms with Crippen molar-refractivity contribution >= 4 is 50.0 Å². The molecule has 0 bridgehead atoms. The van der Waals surface area contributed by atoms with Crippen molar-refractivity contribution in [2.75, 3.05) is 4.90 Å². The molecule has 9 aromatic rings. The first-order chi connectivity index (χ1) is 24.6. The second-order valence-corrected chi connectivity index (χ2v) is 13.8. The second kappa shape index (κ2) is 10.8. The quantitative estimate of drug-likeness (QED) is 0.190. The van der Waals surface area contributed by atoms with Crippen LogP contribution >= 0.6 is 0 Å². The van der Waals surface area contributed by atoms with Crippen LogP contribution in [-0.2, 0) is 5.41 Å². The first-order valence-electron chi connectivity index (χ1n) is 17.3. The van der Waals surface area contributed by atoms with Gasteiger partial charge in [-0.1, -0.05) is 117 Å². The molecule has 0 spiro atoms. The zero-order valence-corrected chi connectivity index (χ0v) is 28.0. The van der Waals surface area contributed by atoms with Crippen LogP contribution in [-0.4, -0.2) is 4.57 Å². The van der Waals surface area contributed by atoms with Gasteiger partial charge in [0.15, 0.2) is 5.58 Å². The molecule has 10 rings (SSSR count). The summed E-state index contributed by atoms with van der Waals surface area (Å²) in [7, 11) is 0. The van der Waals surface area contributed by atoms with Gasteiger partial charge in [-0.15, -0.1) is 0 Å². The summed E-state index contributed by atoms with van der Waals surface area (Å²) < 4.78 is 9.02. The summed E-state index contributed by atoms with van der Waals surface area (Å²) in [5.41, 5.74) is 15.9. The lowest BCUT2D eigenvalue weighted by atomic mass is 9.72. The summed E-state index contributed by atoms with van der Waals surface area (Å²) in [6.07, 6.45) is 0. The fraction of sp³-hybridized carbons (Fsp3) is 0.0638. The Morgan fingerprint density at radius 1 is 0.460 bits per heavy atom. The van der Waals surface area contributed by atoms with Gasteiger partial charge in [0.05, 0.1) is 16.9 Å². The van der Waals surface area contributed by atoms with Gasteiger partial charge in [-0.25, -0.2) is 0 Å². The van der Waals surface area contributed by atoms with Crippen molar-refractivity contribution in [3.05, 3.63) is 181 Å². The summed E-state index contributed by atoms with van der Waals surface area (Å²) >= 11 is 0. The van der Waals surface area contributed by atoms with Crippen LogP contribution in [0.5, 0.6) is 0 Å². The third-order valence-electron chi connectivity index (χ3n) is 10.6. The lowest BCUT2D eigenvalue weighted by molar-refractivity contribution is 0.632. The summed E-state index contributed by atoms with van der Waals surface area (Å²) in [6, 6.07) is 61.2. The number of aromatic nitrogens is 1. The molecular formula is C47H34N2O. The topological polar surface area (TPSA) is 21.3 Å². The third kappa shape index (κ3) is 4.23. The minimum Gasteiger partial charge on any atom is -0.454 e. The Balaban J connectivity index is 1.24. The molecule has 7 aromatic carbocycles. The van der Waals surface area contributed by atoms with Gasteiger partial charge < -0.3 is 13.9 Å². The molecule has 0 amide bonds. The average Bonchev–Trinajstić information content (AvgIpc) is 3.70. The molecule has 0 unspecified atom stereocenters. The fourth-order valence-electron chi connectivity index (χ4n) is 8.08. The molecule has 1 aliphatic heterocycles. The Hall–Kier alpha value is -6.32. The van der Waals surface area contributed by atoms with Crippen LogP contribution < -0.4 is 4.90 Å². The molecule has 0 saturated carbocycles. The highest BCUT2D eigenvalue weighted by Gasteiger charge is 2.38. The molecule has 0 atom stereocenters. The zero-order valence-electron chi connectivity index (χ0n) is 28.0. The van der Waals surface area contributed by atoms with E-state index < -0.39 is 0 Å². The minimum atomic E-state index is -0.247. The van der Waals surface area contributed by atoms with E-state index in [4.69, 9.17) is 4.42 Å². The Bertz CT molecular complexity index is 2630. The highest BCUT2D eigenvalue weighted by molar-refractivity contribution is 6.17. The standard InChI is InChI=1S/C47H34N2O/c1-47(2)39-28-33(31-14-6-3-7-15-31)22-25-42(39)48(43-26-23-34(29-40(43)47)32-16-8-4-9-17-32)36-24-27-41-38(30-36)46-45(37-20-12-13-21-44(37)50-46)49(41)35-18-10-5-11-19-35/h3-30H,1-2H3. The van der Waals surface area contributed by atoms with Gasteiger partial charge in [-0.2, -0.15) is 0 Å². The Morgan fingerprint density at radius 2 is 1.02 bits per heavy atom. The Labute approximate surface area is 291 Å². The number of rotatable bonds is 4. The monoisotopic (exact) mass is 642 g/mol. The van der Waals surface area contributed by atoms with Crippen molar-refractivity contribution in [3.8, 4) is 27.9 Å². The molecule has 3 heterocycles. The zero-order chi connectivity index (χ0) is 33.4. The fourth-order valence-corrected chi connectivity index (χ4v) is 8.08. The van der Waals surface area contributed by atoms with E-state index >= 15 is 0 Å². The number of para-hydroxylation sites is 2. The molecular weight excluding hydrogens is 609 g/mol. The van der Waals surface area contributed by atoms with Crippen molar-refractivity contribution < 1.29 is 4.42 Å². The van der Waals surface area contributed by atoms with Gasteiger partial charge >= 0.3 is 0 Å². The summed E-state index contributed by atoms with van der Waals surface area (Å²) in [4.78, 5) is 2.45. The maximum absolute atomic E-state index is 6.67. The Kier molecular flexibility index (Phi) is 6.22. The second-order valence-electron chi connectivity index (χ2n) is 13.8. The average molecular weight is 643 g/mol. The number of furan rings is 1. The number of benzene rings is 7. The van der Waals surface area contributed by atoms with Gasteiger partial charge in [0.1, 0.15) is 11.1 Å². The van der Waals surface area contributed by atoms with E-state index in [0.29, 0.717) is 0 Å². The molecule has 1 aliphatic rings. The molecule has 3 nitrogen and oxygen atoms in total. The first-order valence-corrected chi connectivity index (χ1v) is 17.3. The molecule has 50 heavy (non-hydrogen) atoms. The van der Waals surface area contributed by atoms with E-state index in [1.807, 2.05) is 6.07 Å². The smallest absolute Gasteiger partial charge is 0.161 e. The van der Waals surface area contributed by atoms with Crippen LogP contribution in [0, 0.1) is 0 Å². The molecule has 0 radical (unpaired) electrons.